The first-order valence-corrected chi connectivity index (χ1v) is 10.8. The molecule has 1 aromatic carbocycles. The number of benzene rings is 1. The molecule has 4 rings (SSSR count). The molecule has 0 radical (unpaired) electrons. The highest BCUT2D eigenvalue weighted by atomic mass is 35.5. The molecule has 0 atom stereocenters. The molecule has 0 unspecified atom stereocenters. The average Bonchev–Trinajstić information content (AvgIpc) is 2.75. The lowest BCUT2D eigenvalue weighted by molar-refractivity contribution is 0.108. The Kier molecular flexibility index (Phi) is 6.78. The highest BCUT2D eigenvalue weighted by Gasteiger charge is 2.20. The molecule has 1 aliphatic carbocycles. The van der Waals surface area contributed by atoms with Crippen molar-refractivity contribution < 1.29 is 13.9 Å². The van der Waals surface area contributed by atoms with Gasteiger partial charge < -0.3 is 10.4 Å². The summed E-state index contributed by atoms with van der Waals surface area (Å²) in [6.45, 7) is 0.244. The van der Waals surface area contributed by atoms with Crippen molar-refractivity contribution in [1.29, 1.82) is 0 Å². The molecule has 2 aromatic heterocycles. The van der Waals surface area contributed by atoms with E-state index in [2.05, 4.69) is 15.3 Å². The Bertz CT molecular complexity index is 1030. The molecular formula is C24H24ClF2N3O. The Morgan fingerprint density at radius 2 is 1.77 bits per heavy atom. The van der Waals surface area contributed by atoms with Crippen LogP contribution < -0.4 is 5.32 Å². The fourth-order valence-electron chi connectivity index (χ4n) is 4.02. The van der Waals surface area contributed by atoms with E-state index in [-0.39, 0.29) is 12.6 Å². The van der Waals surface area contributed by atoms with Crippen molar-refractivity contribution in [1.82, 2.24) is 9.97 Å². The van der Waals surface area contributed by atoms with Crippen LogP contribution in [0.3, 0.4) is 0 Å². The van der Waals surface area contributed by atoms with Gasteiger partial charge in [-0.05, 0) is 73.9 Å². The smallest absolute Gasteiger partial charge is 0.126 e. The second-order valence-corrected chi connectivity index (χ2v) is 8.48. The van der Waals surface area contributed by atoms with Crippen LogP contribution in [0.15, 0.2) is 48.7 Å². The minimum Gasteiger partial charge on any atom is -0.393 e. The van der Waals surface area contributed by atoms with Gasteiger partial charge >= 0.3 is 0 Å². The van der Waals surface area contributed by atoms with Gasteiger partial charge in [0.05, 0.1) is 16.8 Å². The van der Waals surface area contributed by atoms with Crippen molar-refractivity contribution in [3.63, 3.8) is 0 Å². The molecule has 4 nitrogen and oxygen atoms in total. The van der Waals surface area contributed by atoms with E-state index in [0.717, 1.165) is 49.4 Å². The topological polar surface area (TPSA) is 58.0 Å². The summed E-state index contributed by atoms with van der Waals surface area (Å²) >= 11 is 6.41. The summed E-state index contributed by atoms with van der Waals surface area (Å²) in [5.74, 6) is -0.125. The molecule has 0 bridgehead atoms. The second kappa shape index (κ2) is 9.71. The zero-order chi connectivity index (χ0) is 21.8. The molecule has 0 amide bonds. The second-order valence-electron chi connectivity index (χ2n) is 8.07. The molecule has 3 aromatic rings. The third-order valence-corrected chi connectivity index (χ3v) is 5.95. The maximum absolute atomic E-state index is 13.4. The summed E-state index contributed by atoms with van der Waals surface area (Å²) in [6.07, 6.45) is 6.01. The molecule has 1 saturated carbocycles. The van der Waals surface area contributed by atoms with Gasteiger partial charge in [0.25, 0.3) is 0 Å². The Morgan fingerprint density at radius 1 is 1.03 bits per heavy atom. The zero-order valence-electron chi connectivity index (χ0n) is 17.0. The molecule has 0 saturated heterocycles. The van der Waals surface area contributed by atoms with Gasteiger partial charge in [0.15, 0.2) is 0 Å². The number of aromatic nitrogens is 2. The first-order chi connectivity index (χ1) is 15.0. The van der Waals surface area contributed by atoms with Gasteiger partial charge in [-0.2, -0.15) is 0 Å². The lowest BCUT2D eigenvalue weighted by atomic mass is 9.84. The van der Waals surface area contributed by atoms with Gasteiger partial charge in [-0.25, -0.2) is 13.8 Å². The first kappa shape index (κ1) is 21.7. The third-order valence-electron chi connectivity index (χ3n) is 5.65. The number of nitrogens with zero attached hydrogens (tertiary/aromatic N) is 2. The quantitative estimate of drug-likeness (QED) is 0.507. The van der Waals surface area contributed by atoms with Crippen molar-refractivity contribution in [3.05, 3.63) is 76.6 Å². The summed E-state index contributed by atoms with van der Waals surface area (Å²) in [5, 5.41) is 13.3. The minimum atomic E-state index is -0.609. The number of nitrogens with one attached hydrogen (secondary N) is 1. The van der Waals surface area contributed by atoms with E-state index in [1.165, 1.54) is 12.1 Å². The van der Waals surface area contributed by atoms with Crippen molar-refractivity contribution in [2.45, 2.75) is 44.8 Å². The number of hydrogen-bond donors (Lipinski definition) is 2. The predicted molar refractivity (Wildman–Crippen MR) is 118 cm³/mol. The Hall–Kier alpha value is -2.57. The number of anilines is 1. The summed E-state index contributed by atoms with van der Waals surface area (Å²) in [5.41, 5.74) is 2.94. The highest BCUT2D eigenvalue weighted by molar-refractivity contribution is 6.33. The van der Waals surface area contributed by atoms with E-state index in [9.17, 15) is 13.9 Å². The molecule has 1 aliphatic rings. The summed E-state index contributed by atoms with van der Waals surface area (Å²) in [4.78, 5) is 9.10. The van der Waals surface area contributed by atoms with E-state index in [0.29, 0.717) is 28.0 Å². The molecule has 7 heteroatoms. The van der Waals surface area contributed by atoms with Gasteiger partial charge in [0, 0.05) is 30.1 Å². The van der Waals surface area contributed by atoms with E-state index in [4.69, 9.17) is 11.6 Å². The normalized spacial score (nSPS) is 18.7. The lowest BCUT2D eigenvalue weighted by Gasteiger charge is -2.25. The number of hydrogen-bond acceptors (Lipinski definition) is 4. The third kappa shape index (κ3) is 5.77. The average molecular weight is 444 g/mol. The largest absolute Gasteiger partial charge is 0.393 e. The van der Waals surface area contributed by atoms with E-state index in [1.54, 1.807) is 12.3 Å². The fraction of sp³-hybridized carbons (Fsp3) is 0.333. The number of aliphatic hydroxyl groups is 1. The fourth-order valence-corrected chi connectivity index (χ4v) is 4.22. The van der Waals surface area contributed by atoms with Crippen LogP contribution >= 0.6 is 11.6 Å². The predicted octanol–water partition coefficient (Wildman–Crippen LogP) is 5.78. The Balaban J connectivity index is 1.48. The van der Waals surface area contributed by atoms with Crippen LogP contribution in [0, 0.1) is 17.6 Å². The molecule has 31 heavy (non-hydrogen) atoms. The van der Waals surface area contributed by atoms with Gasteiger partial charge in [-0.1, -0.05) is 17.7 Å². The standard InChI is InChI=1S/C24H24ClF2N3O/c25-22-14-28-19(10-15-4-6-20(31)7-5-15)12-21(22)23-2-1-3-24(30-23)29-13-16-8-17(26)11-18(27)9-16/h1-3,8-9,11-12,14-15,20,31H,4-7,10,13H2,(H,29,30). The highest BCUT2D eigenvalue weighted by Crippen LogP contribution is 2.31. The van der Waals surface area contributed by atoms with Crippen LogP contribution in [0.2, 0.25) is 5.02 Å². The number of halogens is 3. The van der Waals surface area contributed by atoms with Gasteiger partial charge in [-0.3, -0.25) is 4.98 Å². The Labute approximate surface area is 185 Å². The molecule has 1 fully saturated rings. The van der Waals surface area contributed by atoms with Gasteiger partial charge in [0.2, 0.25) is 0 Å². The molecular weight excluding hydrogens is 420 g/mol. The summed E-state index contributed by atoms with van der Waals surface area (Å²) in [7, 11) is 0. The van der Waals surface area contributed by atoms with Crippen molar-refractivity contribution >= 4 is 17.4 Å². The van der Waals surface area contributed by atoms with Crippen LogP contribution in [0.4, 0.5) is 14.6 Å². The van der Waals surface area contributed by atoms with E-state index < -0.39 is 11.6 Å². The zero-order valence-corrected chi connectivity index (χ0v) is 17.7. The SMILES string of the molecule is OC1CCC(Cc2cc(-c3cccc(NCc4cc(F)cc(F)c4)n3)c(Cl)cn2)CC1. The van der Waals surface area contributed by atoms with Crippen molar-refractivity contribution in [2.75, 3.05) is 5.32 Å². The van der Waals surface area contributed by atoms with Crippen molar-refractivity contribution in [3.8, 4) is 11.3 Å². The lowest BCUT2D eigenvalue weighted by Crippen LogP contribution is -2.19. The molecule has 0 spiro atoms. The van der Waals surface area contributed by atoms with Crippen LogP contribution in [0.5, 0.6) is 0 Å². The monoisotopic (exact) mass is 443 g/mol. The first-order valence-electron chi connectivity index (χ1n) is 10.4. The minimum absolute atomic E-state index is 0.173. The summed E-state index contributed by atoms with van der Waals surface area (Å²) in [6, 6.07) is 10.9. The van der Waals surface area contributed by atoms with E-state index >= 15 is 0 Å². The maximum Gasteiger partial charge on any atom is 0.126 e. The number of aliphatic hydroxyl groups excluding tert-OH is 1. The number of pyridine rings is 2. The molecule has 162 valence electrons. The van der Waals surface area contributed by atoms with Crippen molar-refractivity contribution in [2.24, 2.45) is 5.92 Å². The molecule has 0 aliphatic heterocycles. The number of rotatable bonds is 6. The van der Waals surface area contributed by atoms with Gasteiger partial charge in [-0.15, -0.1) is 0 Å². The van der Waals surface area contributed by atoms with E-state index in [1.807, 2.05) is 18.2 Å². The molecule has 2 heterocycles. The Morgan fingerprint density at radius 3 is 2.52 bits per heavy atom. The summed E-state index contributed by atoms with van der Waals surface area (Å²) < 4.78 is 26.8. The maximum atomic E-state index is 13.4. The van der Waals surface area contributed by atoms with Crippen LogP contribution in [-0.4, -0.2) is 21.2 Å². The molecule has 2 N–H and O–H groups in total. The van der Waals surface area contributed by atoms with Gasteiger partial charge in [0.1, 0.15) is 17.5 Å². The van der Waals surface area contributed by atoms with Crippen LogP contribution in [-0.2, 0) is 13.0 Å². The van der Waals surface area contributed by atoms with Crippen LogP contribution in [0.1, 0.15) is 36.9 Å². The van der Waals surface area contributed by atoms with Crippen LogP contribution in [0.25, 0.3) is 11.3 Å².